The Kier molecular flexibility index (Phi) is 10.4. The normalized spacial score (nSPS) is 19.7. The predicted molar refractivity (Wildman–Crippen MR) is 147 cm³/mol. The summed E-state index contributed by atoms with van der Waals surface area (Å²) in [6.45, 7) is 8.88. The summed E-state index contributed by atoms with van der Waals surface area (Å²) in [5.41, 5.74) is 4.70. The number of Topliss-reactive ketones (excluding diaryl/α,β-unsaturated/α-hetero) is 1. The van der Waals surface area contributed by atoms with Crippen molar-refractivity contribution in [3.8, 4) is 11.6 Å². The Hall–Kier alpha value is -3.03. The number of aromatic nitrogens is 2. The topological polar surface area (TPSA) is 96.5 Å². The van der Waals surface area contributed by atoms with Crippen molar-refractivity contribution < 1.29 is 19.4 Å². The van der Waals surface area contributed by atoms with Crippen LogP contribution in [0.1, 0.15) is 57.7 Å². The maximum absolute atomic E-state index is 13.7. The van der Waals surface area contributed by atoms with Crippen LogP contribution in [0.5, 0.6) is 11.6 Å². The first kappa shape index (κ1) is 28.5. The van der Waals surface area contributed by atoms with Gasteiger partial charge in [-0.3, -0.25) is 4.79 Å². The van der Waals surface area contributed by atoms with Gasteiger partial charge in [0.25, 0.3) is 0 Å². The zero-order chi connectivity index (χ0) is 26.9. The average molecular weight is 528 g/mol. The Morgan fingerprint density at radius 2 is 2.14 bits per heavy atom. The number of benzene rings is 1. The molecule has 8 heteroatoms. The fourth-order valence-corrected chi connectivity index (χ4v) is 4.68. The highest BCUT2D eigenvalue weighted by molar-refractivity contribution is 6.30. The number of fused-ring (bicyclic) bond motifs is 1. The first-order chi connectivity index (χ1) is 17.9. The third-order valence-electron chi connectivity index (χ3n) is 6.75. The number of dihydropyridines is 1. The van der Waals surface area contributed by atoms with E-state index in [0.29, 0.717) is 36.1 Å². The van der Waals surface area contributed by atoms with Gasteiger partial charge in [-0.15, -0.1) is 0 Å². The molecule has 2 aromatic rings. The molecular formula is C29H38ClN3O4. The van der Waals surface area contributed by atoms with Gasteiger partial charge in [-0.1, -0.05) is 44.5 Å². The molecule has 0 amide bonds. The highest BCUT2D eigenvalue weighted by Crippen LogP contribution is 2.38. The summed E-state index contributed by atoms with van der Waals surface area (Å²) >= 11 is 6.17. The van der Waals surface area contributed by atoms with Gasteiger partial charge in [-0.25, -0.2) is 5.10 Å². The van der Waals surface area contributed by atoms with Crippen molar-refractivity contribution in [1.29, 1.82) is 0 Å². The molecule has 7 nitrogen and oxygen atoms in total. The van der Waals surface area contributed by atoms with Crippen molar-refractivity contribution in [3.05, 3.63) is 75.6 Å². The monoisotopic (exact) mass is 527 g/mol. The van der Waals surface area contributed by atoms with Gasteiger partial charge in [0.05, 0.1) is 37.4 Å². The van der Waals surface area contributed by atoms with E-state index in [1.165, 1.54) is 0 Å². The third-order valence-corrected chi connectivity index (χ3v) is 6.98. The molecule has 0 fully saturated rings. The number of allylic oxidation sites excluding steroid dienone is 4. The molecule has 4 rings (SSSR count). The van der Waals surface area contributed by atoms with Gasteiger partial charge in [-0.05, 0) is 61.4 Å². The summed E-state index contributed by atoms with van der Waals surface area (Å²) in [5.74, 6) is 1.55. The number of rotatable bonds is 8. The van der Waals surface area contributed by atoms with Crippen LogP contribution in [0.2, 0.25) is 5.02 Å². The summed E-state index contributed by atoms with van der Waals surface area (Å²) in [6.07, 6.45) is 10.3. The number of nitrogens with one attached hydrogen (secondary N) is 2. The first-order valence-electron chi connectivity index (χ1n) is 12.9. The van der Waals surface area contributed by atoms with E-state index in [9.17, 15) is 4.79 Å². The van der Waals surface area contributed by atoms with E-state index >= 15 is 0 Å². The smallest absolute Gasteiger partial charge is 0.214 e. The van der Waals surface area contributed by atoms with Gasteiger partial charge in [0.1, 0.15) is 5.75 Å². The summed E-state index contributed by atoms with van der Waals surface area (Å²) < 4.78 is 11.3. The van der Waals surface area contributed by atoms with Crippen molar-refractivity contribution in [2.24, 2.45) is 11.8 Å². The van der Waals surface area contributed by atoms with Gasteiger partial charge in [0, 0.05) is 29.0 Å². The minimum atomic E-state index is -0.257. The van der Waals surface area contributed by atoms with Crippen molar-refractivity contribution in [1.82, 2.24) is 15.5 Å². The van der Waals surface area contributed by atoms with E-state index in [-0.39, 0.29) is 23.7 Å². The van der Waals surface area contributed by atoms with E-state index in [4.69, 9.17) is 26.2 Å². The summed E-state index contributed by atoms with van der Waals surface area (Å²) in [4.78, 5) is 13.7. The lowest BCUT2D eigenvalue weighted by atomic mass is 9.80. The molecule has 37 heavy (non-hydrogen) atoms. The van der Waals surface area contributed by atoms with Crippen LogP contribution in [-0.4, -0.2) is 41.4 Å². The molecule has 0 aliphatic carbocycles. The van der Waals surface area contributed by atoms with E-state index < -0.39 is 0 Å². The predicted octanol–water partition coefficient (Wildman–Crippen LogP) is 5.73. The van der Waals surface area contributed by atoms with Crippen molar-refractivity contribution in [2.75, 3.05) is 20.3 Å². The van der Waals surface area contributed by atoms with Crippen LogP contribution in [0.4, 0.5) is 0 Å². The Morgan fingerprint density at radius 3 is 2.78 bits per heavy atom. The number of H-pyrrole nitrogens is 1. The molecule has 0 bridgehead atoms. The number of aromatic amines is 1. The van der Waals surface area contributed by atoms with E-state index in [1.54, 1.807) is 13.3 Å². The number of aliphatic hydroxyl groups is 1. The number of methoxy groups -OCH3 is 1. The van der Waals surface area contributed by atoms with E-state index in [1.807, 2.05) is 44.3 Å². The van der Waals surface area contributed by atoms with Gasteiger partial charge in [0.15, 0.2) is 5.78 Å². The maximum atomic E-state index is 13.7. The number of hydrogen-bond acceptors (Lipinski definition) is 6. The molecule has 0 radical (unpaired) electrons. The molecule has 1 aromatic carbocycles. The number of aliphatic hydroxyl groups excluding tert-OH is 1. The second-order valence-corrected chi connectivity index (χ2v) is 9.68. The fourth-order valence-electron chi connectivity index (χ4n) is 4.49. The van der Waals surface area contributed by atoms with Gasteiger partial charge < -0.3 is 19.9 Å². The van der Waals surface area contributed by atoms with Crippen LogP contribution in [0.15, 0.2) is 59.5 Å². The van der Waals surface area contributed by atoms with E-state index in [2.05, 4.69) is 35.4 Å². The Labute approximate surface area is 224 Å². The lowest BCUT2D eigenvalue weighted by Crippen LogP contribution is -2.31. The molecular weight excluding hydrogens is 490 g/mol. The standard InChI is InChI=1S/C26H30ClN3O3.C3H8O/c1-5-15(3)20-11-23(22-13-29-30-26(22)32-4)28-12-21(20)19(6-2)25(31)17-9-16-10-18(27)7-8-24(16)33-14-17;1-2-3-4/h6-8,10-13,15,17,23,28H,5,9,14H2,1-4H3,(H,29,30);4H,2-3H2,1H3/b19-6+;. The SMILES string of the molecule is C/C=C(/C(=O)C1COc2ccc(Cl)cc2C1)C1=CNC(c2cn[nH]c2OC)C=C1C(C)CC.CCCO. The minimum absolute atomic E-state index is 0.0877. The largest absolute Gasteiger partial charge is 0.493 e. The number of halogens is 1. The molecule has 2 aliphatic rings. The molecule has 1 aromatic heterocycles. The summed E-state index contributed by atoms with van der Waals surface area (Å²) in [5, 5.41) is 18.9. The molecule has 2 aliphatic heterocycles. The maximum Gasteiger partial charge on any atom is 0.214 e. The zero-order valence-corrected chi connectivity index (χ0v) is 23.1. The second kappa shape index (κ2) is 13.5. The number of carbonyl (C=O) groups excluding carboxylic acids is 1. The van der Waals surface area contributed by atoms with E-state index in [0.717, 1.165) is 40.9 Å². The Balaban J connectivity index is 0.000000886. The number of ether oxygens (including phenoxy) is 2. The van der Waals surface area contributed by atoms with Crippen LogP contribution in [0.25, 0.3) is 0 Å². The molecule has 200 valence electrons. The number of ketones is 1. The fraction of sp³-hybridized carbons (Fsp3) is 0.448. The quantitative estimate of drug-likeness (QED) is 0.379. The average Bonchev–Trinajstić information content (AvgIpc) is 3.41. The molecule has 3 unspecified atom stereocenters. The Bertz CT molecular complexity index is 1170. The van der Waals surface area contributed by atoms with Crippen LogP contribution in [-0.2, 0) is 11.2 Å². The van der Waals surface area contributed by atoms with Gasteiger partial charge in [-0.2, -0.15) is 5.10 Å². The molecule has 3 N–H and O–H groups in total. The van der Waals surface area contributed by atoms with Gasteiger partial charge >= 0.3 is 0 Å². The zero-order valence-electron chi connectivity index (χ0n) is 22.3. The minimum Gasteiger partial charge on any atom is -0.493 e. The molecule has 0 saturated carbocycles. The molecule has 3 heterocycles. The lowest BCUT2D eigenvalue weighted by Gasteiger charge is -2.30. The number of carbonyl (C=O) groups is 1. The van der Waals surface area contributed by atoms with Crippen LogP contribution in [0.3, 0.4) is 0 Å². The molecule has 0 spiro atoms. The lowest BCUT2D eigenvalue weighted by molar-refractivity contribution is -0.120. The first-order valence-corrected chi connectivity index (χ1v) is 13.2. The van der Waals surface area contributed by atoms with Gasteiger partial charge in [0.2, 0.25) is 5.88 Å². The van der Waals surface area contributed by atoms with Crippen molar-refractivity contribution in [2.45, 2.75) is 53.0 Å². The van der Waals surface area contributed by atoms with Crippen LogP contribution in [0, 0.1) is 11.8 Å². The summed E-state index contributed by atoms with van der Waals surface area (Å²) in [7, 11) is 1.62. The highest BCUT2D eigenvalue weighted by Gasteiger charge is 2.32. The van der Waals surface area contributed by atoms with Crippen molar-refractivity contribution in [3.63, 3.8) is 0 Å². The third kappa shape index (κ3) is 6.65. The number of nitrogens with zero attached hydrogens (tertiary/aromatic N) is 1. The molecule has 3 atom stereocenters. The Morgan fingerprint density at radius 1 is 1.38 bits per heavy atom. The highest BCUT2D eigenvalue weighted by atomic mass is 35.5. The number of hydrogen-bond donors (Lipinski definition) is 3. The summed E-state index contributed by atoms with van der Waals surface area (Å²) in [6, 6.07) is 5.48. The van der Waals surface area contributed by atoms with Crippen LogP contribution >= 0.6 is 11.6 Å². The molecule has 0 saturated heterocycles. The van der Waals surface area contributed by atoms with Crippen molar-refractivity contribution >= 4 is 17.4 Å². The van der Waals surface area contributed by atoms with Crippen LogP contribution < -0.4 is 14.8 Å². The second-order valence-electron chi connectivity index (χ2n) is 9.25.